The van der Waals surface area contributed by atoms with Crippen LogP contribution in [-0.4, -0.2) is 79.5 Å². The molecule has 0 unspecified atom stereocenters. The molecule has 2 aliphatic rings. The number of ether oxygens (including phenoxy) is 2. The van der Waals surface area contributed by atoms with Crippen LogP contribution in [0.3, 0.4) is 0 Å². The van der Waals surface area contributed by atoms with E-state index >= 15 is 0 Å². The lowest BCUT2D eigenvalue weighted by molar-refractivity contribution is -0.144. The van der Waals surface area contributed by atoms with Gasteiger partial charge >= 0.3 is 11.9 Å². The summed E-state index contributed by atoms with van der Waals surface area (Å²) in [5.74, 6) is -2.42. The molecule has 0 aromatic heterocycles. The van der Waals surface area contributed by atoms with Crippen LogP contribution in [0.1, 0.15) is 81.7 Å². The molecule has 2 aromatic carbocycles. The topological polar surface area (TPSA) is 141 Å². The molecule has 0 N–H and O–H groups in total. The molecule has 0 atom stereocenters. The van der Waals surface area contributed by atoms with Crippen LogP contribution in [0.25, 0.3) is 0 Å². The fourth-order valence-electron chi connectivity index (χ4n) is 5.19. The molecule has 40 heavy (non-hydrogen) atoms. The lowest BCUT2D eigenvalue weighted by Gasteiger charge is -2.33. The summed E-state index contributed by atoms with van der Waals surface area (Å²) >= 11 is 0. The van der Waals surface area contributed by atoms with E-state index in [1.807, 2.05) is 0 Å². The number of carbonyl (C=O) groups excluding carboxylic acids is 5. The van der Waals surface area contributed by atoms with Crippen molar-refractivity contribution < 1.29 is 41.9 Å². The molecule has 2 aromatic rings. The number of hydrogen-bond acceptors (Lipinski definition) is 9. The van der Waals surface area contributed by atoms with Gasteiger partial charge in [-0.05, 0) is 44.9 Å². The van der Waals surface area contributed by atoms with E-state index in [1.165, 1.54) is 23.1 Å². The van der Waals surface area contributed by atoms with Gasteiger partial charge in [0.25, 0.3) is 5.91 Å². The summed E-state index contributed by atoms with van der Waals surface area (Å²) in [6, 6.07) is 10.9. The number of ketones is 2. The molecule has 4 rings (SSSR count). The van der Waals surface area contributed by atoms with Gasteiger partial charge < -0.3 is 14.4 Å². The Morgan fingerprint density at radius 1 is 0.825 bits per heavy atom. The molecule has 1 aliphatic heterocycles. The maximum atomic E-state index is 13.5. The monoisotopic (exact) mass is 569 g/mol. The van der Waals surface area contributed by atoms with Crippen molar-refractivity contribution in [3.63, 3.8) is 0 Å². The average molecular weight is 570 g/mol. The number of likely N-dealkylation sites (tertiary alicyclic amines) is 1. The first kappa shape index (κ1) is 29.1. The predicted molar refractivity (Wildman–Crippen MR) is 144 cm³/mol. The average Bonchev–Trinajstić information content (AvgIpc) is 2.95. The molecule has 1 aliphatic carbocycles. The van der Waals surface area contributed by atoms with Crippen LogP contribution < -0.4 is 0 Å². The quantitative estimate of drug-likeness (QED) is 0.356. The number of amides is 1. The van der Waals surface area contributed by atoms with Crippen LogP contribution in [-0.2, 0) is 28.9 Å². The Hall–Kier alpha value is -3.86. The van der Waals surface area contributed by atoms with E-state index in [1.54, 1.807) is 38.1 Å². The Kier molecular flexibility index (Phi) is 8.82. The summed E-state index contributed by atoms with van der Waals surface area (Å²) in [5, 5.41) is -2.14. The van der Waals surface area contributed by atoms with E-state index in [0.717, 1.165) is 0 Å². The van der Waals surface area contributed by atoms with Gasteiger partial charge in [0.15, 0.2) is 21.4 Å². The van der Waals surface area contributed by atoms with E-state index in [2.05, 4.69) is 0 Å². The summed E-state index contributed by atoms with van der Waals surface area (Å²) in [6.45, 7) is 3.63. The van der Waals surface area contributed by atoms with Crippen molar-refractivity contribution in [3.05, 3.63) is 70.3 Å². The van der Waals surface area contributed by atoms with Crippen LogP contribution in [0, 0.1) is 0 Å². The number of sulfone groups is 1. The minimum absolute atomic E-state index is 0.0838. The molecule has 11 heteroatoms. The minimum atomic E-state index is -3.94. The van der Waals surface area contributed by atoms with Crippen LogP contribution in [0.5, 0.6) is 0 Å². The van der Waals surface area contributed by atoms with Crippen molar-refractivity contribution >= 4 is 39.2 Å². The third-order valence-corrected chi connectivity index (χ3v) is 9.89. The van der Waals surface area contributed by atoms with Crippen LogP contribution in [0.2, 0.25) is 0 Å². The molecule has 212 valence electrons. The number of piperidine rings is 1. The lowest BCUT2D eigenvalue weighted by atomic mass is 9.83. The maximum absolute atomic E-state index is 13.5. The minimum Gasteiger partial charge on any atom is -0.466 e. The van der Waals surface area contributed by atoms with Gasteiger partial charge in [0.05, 0.1) is 36.6 Å². The number of fused-ring (bicyclic) bond motifs is 2. The highest BCUT2D eigenvalue weighted by atomic mass is 32.2. The molecule has 0 bridgehead atoms. The van der Waals surface area contributed by atoms with Crippen LogP contribution in [0.15, 0.2) is 42.5 Å². The van der Waals surface area contributed by atoms with Crippen LogP contribution >= 0.6 is 0 Å². The van der Waals surface area contributed by atoms with Crippen molar-refractivity contribution in [1.82, 2.24) is 4.90 Å². The zero-order valence-electron chi connectivity index (χ0n) is 22.4. The fourth-order valence-corrected chi connectivity index (χ4v) is 7.34. The van der Waals surface area contributed by atoms with E-state index in [-0.39, 0.29) is 78.9 Å². The molecule has 0 saturated carbocycles. The first-order valence-corrected chi connectivity index (χ1v) is 14.8. The molecule has 1 heterocycles. The normalized spacial score (nSPS) is 15.4. The third-order valence-electron chi connectivity index (χ3n) is 7.23. The predicted octanol–water partition coefficient (Wildman–Crippen LogP) is 2.76. The standard InChI is InChI=1S/C29H31NO9S/c1-3-38-25(31)16-20(17-26(32)39-4-2)40(36,37)19-11-13-30(14-12-19)29(35)18-9-10-23-24(15-18)28(34)22-8-6-5-7-21(22)27(23)33/h5-10,15,19-20H,3-4,11-14,16-17H2,1-2H3. The van der Waals surface area contributed by atoms with Gasteiger partial charge in [-0.15, -0.1) is 0 Å². The highest BCUT2D eigenvalue weighted by Crippen LogP contribution is 2.30. The zero-order chi connectivity index (χ0) is 29.0. The number of carbonyl (C=O) groups is 5. The number of nitrogens with zero attached hydrogens (tertiary/aromatic N) is 1. The van der Waals surface area contributed by atoms with E-state index in [9.17, 15) is 32.4 Å². The lowest BCUT2D eigenvalue weighted by Crippen LogP contribution is -2.45. The largest absolute Gasteiger partial charge is 0.466 e. The molecule has 1 fully saturated rings. The number of rotatable bonds is 9. The first-order valence-electron chi connectivity index (χ1n) is 13.2. The molecular weight excluding hydrogens is 538 g/mol. The molecule has 0 spiro atoms. The Balaban J connectivity index is 1.47. The Labute approximate surface area is 232 Å². The Bertz CT molecular complexity index is 1440. The van der Waals surface area contributed by atoms with E-state index in [0.29, 0.717) is 5.56 Å². The van der Waals surface area contributed by atoms with Crippen molar-refractivity contribution in [2.45, 2.75) is 50.0 Å². The molecular formula is C29H31NO9S. The number of hydrogen-bond donors (Lipinski definition) is 0. The number of benzene rings is 2. The Morgan fingerprint density at radius 2 is 1.32 bits per heavy atom. The second-order valence-electron chi connectivity index (χ2n) is 9.69. The first-order chi connectivity index (χ1) is 19.1. The maximum Gasteiger partial charge on any atom is 0.307 e. The van der Waals surface area contributed by atoms with Gasteiger partial charge in [-0.2, -0.15) is 0 Å². The van der Waals surface area contributed by atoms with Crippen molar-refractivity contribution in [1.29, 1.82) is 0 Å². The smallest absolute Gasteiger partial charge is 0.307 e. The van der Waals surface area contributed by atoms with E-state index < -0.39 is 45.1 Å². The summed E-state index contributed by atoms with van der Waals surface area (Å²) < 4.78 is 36.7. The highest BCUT2D eigenvalue weighted by molar-refractivity contribution is 7.92. The summed E-state index contributed by atoms with van der Waals surface area (Å²) in [4.78, 5) is 64.9. The van der Waals surface area contributed by atoms with Crippen molar-refractivity contribution in [3.8, 4) is 0 Å². The summed E-state index contributed by atoms with van der Waals surface area (Å²) in [7, 11) is -3.94. The van der Waals surface area contributed by atoms with Gasteiger partial charge in [-0.1, -0.05) is 24.3 Å². The third kappa shape index (κ3) is 5.84. The molecule has 1 saturated heterocycles. The van der Waals surface area contributed by atoms with Gasteiger partial charge in [0.2, 0.25) is 0 Å². The summed E-state index contributed by atoms with van der Waals surface area (Å²) in [5.41, 5.74) is 1.23. The van der Waals surface area contributed by atoms with Gasteiger partial charge in [0, 0.05) is 40.9 Å². The SMILES string of the molecule is CCOC(=O)CC(CC(=O)OCC)S(=O)(=O)C1CCN(C(=O)c2ccc3c(c2)C(=O)c2ccccc2C3=O)CC1. The van der Waals surface area contributed by atoms with Gasteiger partial charge in [-0.25, -0.2) is 8.42 Å². The van der Waals surface area contributed by atoms with Crippen molar-refractivity contribution in [2.24, 2.45) is 0 Å². The van der Waals surface area contributed by atoms with E-state index in [4.69, 9.17) is 9.47 Å². The van der Waals surface area contributed by atoms with Crippen LogP contribution in [0.4, 0.5) is 0 Å². The number of esters is 2. The molecule has 10 nitrogen and oxygen atoms in total. The second kappa shape index (κ2) is 12.1. The summed E-state index contributed by atoms with van der Waals surface area (Å²) in [6.07, 6.45) is -0.684. The Morgan fingerprint density at radius 3 is 1.85 bits per heavy atom. The molecule has 0 radical (unpaired) electrons. The van der Waals surface area contributed by atoms with Crippen molar-refractivity contribution in [2.75, 3.05) is 26.3 Å². The highest BCUT2D eigenvalue weighted by Gasteiger charge is 2.40. The second-order valence-corrected chi connectivity index (χ2v) is 12.2. The van der Waals surface area contributed by atoms with Gasteiger partial charge in [-0.3, -0.25) is 24.0 Å². The zero-order valence-corrected chi connectivity index (χ0v) is 23.2. The fraction of sp³-hybridized carbons (Fsp3) is 0.414. The van der Waals surface area contributed by atoms with Gasteiger partial charge in [0.1, 0.15) is 0 Å². The molecule has 1 amide bonds.